The molecular formula is C27H29Cl2N3O2S. The fourth-order valence-corrected chi connectivity index (χ4v) is 5.63. The quantitative estimate of drug-likeness (QED) is 0.400. The van der Waals surface area contributed by atoms with Gasteiger partial charge in [-0.3, -0.25) is 4.99 Å². The van der Waals surface area contributed by atoms with Crippen LogP contribution in [0, 0.1) is 5.41 Å². The van der Waals surface area contributed by atoms with Crippen LogP contribution in [0.4, 0.5) is 5.69 Å². The van der Waals surface area contributed by atoms with Crippen LogP contribution in [0.2, 0.25) is 10.0 Å². The maximum atomic E-state index is 11.6. The highest BCUT2D eigenvalue weighted by atomic mass is 35.5. The maximum Gasteiger partial charge on any atom is 0.335 e. The number of nitrogens with one attached hydrogen (secondary N) is 1. The Morgan fingerprint density at radius 2 is 1.91 bits per heavy atom. The second-order valence-corrected chi connectivity index (χ2v) is 11.4. The summed E-state index contributed by atoms with van der Waals surface area (Å²) in [4.78, 5) is 18.9. The van der Waals surface area contributed by atoms with Crippen molar-refractivity contribution >= 4 is 64.1 Å². The number of anilines is 1. The second kappa shape index (κ2) is 9.92. The van der Waals surface area contributed by atoms with E-state index in [1.165, 1.54) is 0 Å². The molecule has 2 aromatic rings. The summed E-state index contributed by atoms with van der Waals surface area (Å²) in [5.41, 5.74) is 1.30. The zero-order chi connectivity index (χ0) is 25.4. The molecule has 2 aromatic carbocycles. The molecule has 1 unspecified atom stereocenters. The van der Waals surface area contributed by atoms with E-state index in [1.54, 1.807) is 24.3 Å². The van der Waals surface area contributed by atoms with Gasteiger partial charge < -0.3 is 15.3 Å². The number of halogens is 2. The van der Waals surface area contributed by atoms with Gasteiger partial charge in [-0.2, -0.15) is 0 Å². The molecule has 1 aliphatic heterocycles. The lowest BCUT2D eigenvalue weighted by molar-refractivity contribution is 0.0697. The molecule has 0 amide bonds. The van der Waals surface area contributed by atoms with Gasteiger partial charge in [0.15, 0.2) is 5.11 Å². The number of carboxylic acid groups (broad SMARTS) is 1. The van der Waals surface area contributed by atoms with Crippen molar-refractivity contribution in [1.82, 2.24) is 5.32 Å². The van der Waals surface area contributed by atoms with Crippen LogP contribution in [0.25, 0.3) is 6.08 Å². The number of carboxylic acids is 1. The predicted octanol–water partition coefficient (Wildman–Crippen LogP) is 7.23. The van der Waals surface area contributed by atoms with Gasteiger partial charge in [-0.1, -0.05) is 81.1 Å². The molecule has 1 saturated heterocycles. The van der Waals surface area contributed by atoms with Crippen molar-refractivity contribution < 1.29 is 9.90 Å². The monoisotopic (exact) mass is 529 g/mol. The average molecular weight is 531 g/mol. The van der Waals surface area contributed by atoms with E-state index in [-0.39, 0.29) is 17.0 Å². The van der Waals surface area contributed by atoms with Crippen molar-refractivity contribution in [3.05, 3.63) is 69.7 Å². The molecular weight excluding hydrogens is 501 g/mol. The third-order valence-electron chi connectivity index (χ3n) is 6.66. The molecule has 2 N–H and O–H groups in total. The topological polar surface area (TPSA) is 64.9 Å². The zero-order valence-electron chi connectivity index (χ0n) is 20.0. The highest BCUT2D eigenvalue weighted by Gasteiger charge is 2.51. The lowest BCUT2D eigenvalue weighted by atomic mass is 9.86. The Balaban J connectivity index is 1.75. The molecule has 1 aliphatic carbocycles. The number of carbonyl (C=O) groups is 1. The molecule has 1 heterocycles. The summed E-state index contributed by atoms with van der Waals surface area (Å²) < 4.78 is 0. The Morgan fingerprint density at radius 3 is 2.54 bits per heavy atom. The largest absolute Gasteiger partial charge is 0.478 e. The summed E-state index contributed by atoms with van der Waals surface area (Å²) in [7, 11) is 0. The summed E-state index contributed by atoms with van der Waals surface area (Å²) in [6, 6.07) is 12.2. The molecule has 1 atom stereocenters. The summed E-state index contributed by atoms with van der Waals surface area (Å²) in [6.45, 7) is 6.45. The number of thiocarbonyl (C=S) groups is 1. The summed E-state index contributed by atoms with van der Waals surface area (Å²) in [5.74, 6) is -0.120. The highest BCUT2D eigenvalue weighted by Crippen LogP contribution is 2.43. The molecule has 1 spiro atoms. The molecule has 35 heavy (non-hydrogen) atoms. The van der Waals surface area contributed by atoms with Crippen molar-refractivity contribution in [2.75, 3.05) is 4.90 Å². The van der Waals surface area contributed by atoms with E-state index in [0.29, 0.717) is 15.2 Å². The summed E-state index contributed by atoms with van der Waals surface area (Å²) in [6.07, 6.45) is 7.94. The van der Waals surface area contributed by atoms with Crippen LogP contribution < -0.4 is 10.2 Å². The van der Waals surface area contributed by atoms with Crippen LogP contribution in [0.1, 0.15) is 62.4 Å². The van der Waals surface area contributed by atoms with E-state index in [1.807, 2.05) is 24.3 Å². The van der Waals surface area contributed by atoms with Crippen molar-refractivity contribution in [3.8, 4) is 0 Å². The highest BCUT2D eigenvalue weighted by molar-refractivity contribution is 7.80. The van der Waals surface area contributed by atoms with Gasteiger partial charge in [-0.25, -0.2) is 4.79 Å². The minimum Gasteiger partial charge on any atom is -0.478 e. The van der Waals surface area contributed by atoms with Crippen molar-refractivity contribution in [2.24, 2.45) is 10.4 Å². The smallest absolute Gasteiger partial charge is 0.335 e. The van der Waals surface area contributed by atoms with Crippen LogP contribution in [-0.2, 0) is 0 Å². The minimum atomic E-state index is -0.960. The van der Waals surface area contributed by atoms with Gasteiger partial charge in [-0.05, 0) is 66.4 Å². The molecule has 5 nitrogen and oxygen atoms in total. The second-order valence-electron chi connectivity index (χ2n) is 10.2. The Kier molecular flexibility index (Phi) is 7.28. The van der Waals surface area contributed by atoms with E-state index in [2.05, 4.69) is 37.1 Å². The molecule has 184 valence electrons. The summed E-state index contributed by atoms with van der Waals surface area (Å²) in [5, 5.41) is 14.6. The Morgan fingerprint density at radius 1 is 1.20 bits per heavy atom. The predicted molar refractivity (Wildman–Crippen MR) is 149 cm³/mol. The zero-order valence-corrected chi connectivity index (χ0v) is 22.3. The molecule has 4 rings (SSSR count). The molecule has 2 fully saturated rings. The van der Waals surface area contributed by atoms with Gasteiger partial charge in [0, 0.05) is 15.7 Å². The number of aliphatic imine (C=N–C) groups is 1. The first-order valence-corrected chi connectivity index (χ1v) is 12.8. The van der Waals surface area contributed by atoms with Crippen molar-refractivity contribution in [2.45, 2.75) is 58.0 Å². The van der Waals surface area contributed by atoms with E-state index < -0.39 is 11.5 Å². The number of aromatic carboxylic acids is 1. The van der Waals surface area contributed by atoms with E-state index >= 15 is 0 Å². The van der Waals surface area contributed by atoms with Crippen LogP contribution in [0.15, 0.2) is 53.5 Å². The summed E-state index contributed by atoms with van der Waals surface area (Å²) >= 11 is 18.2. The maximum absolute atomic E-state index is 11.6. The van der Waals surface area contributed by atoms with Crippen LogP contribution >= 0.6 is 35.4 Å². The lowest BCUT2D eigenvalue weighted by Crippen LogP contribution is -2.48. The SMILES string of the molecule is CC(C)(C)C(/C=C/c1ccc(Cl)cc1Cl)N=C1NC(=S)N(c2cccc(C(=O)O)c2)C12CCCC2. The number of amidine groups is 1. The van der Waals surface area contributed by atoms with Crippen molar-refractivity contribution in [1.29, 1.82) is 0 Å². The van der Waals surface area contributed by atoms with Gasteiger partial charge in [-0.15, -0.1) is 0 Å². The van der Waals surface area contributed by atoms with Crippen LogP contribution in [-0.4, -0.2) is 33.6 Å². The molecule has 0 aromatic heterocycles. The lowest BCUT2D eigenvalue weighted by Gasteiger charge is -2.35. The molecule has 0 radical (unpaired) electrons. The number of benzene rings is 2. The van der Waals surface area contributed by atoms with E-state index in [0.717, 1.165) is 42.8 Å². The van der Waals surface area contributed by atoms with Gasteiger partial charge in [0.25, 0.3) is 0 Å². The first kappa shape index (κ1) is 25.7. The Labute approximate surface area is 221 Å². The first-order valence-electron chi connectivity index (χ1n) is 11.7. The average Bonchev–Trinajstić information content (AvgIpc) is 3.36. The van der Waals surface area contributed by atoms with Crippen LogP contribution in [0.3, 0.4) is 0 Å². The molecule has 8 heteroatoms. The Hall–Kier alpha value is -2.41. The van der Waals surface area contributed by atoms with Crippen molar-refractivity contribution in [3.63, 3.8) is 0 Å². The van der Waals surface area contributed by atoms with E-state index in [9.17, 15) is 9.90 Å². The number of rotatable bonds is 5. The fraction of sp³-hybridized carbons (Fsp3) is 0.370. The third kappa shape index (κ3) is 5.25. The number of hydrogen-bond donors (Lipinski definition) is 2. The van der Waals surface area contributed by atoms with Gasteiger partial charge >= 0.3 is 5.97 Å². The normalized spacial score (nSPS) is 19.6. The number of nitrogens with zero attached hydrogens (tertiary/aromatic N) is 2. The molecule has 0 bridgehead atoms. The van der Waals surface area contributed by atoms with Gasteiger partial charge in [0.2, 0.25) is 0 Å². The number of hydrogen-bond acceptors (Lipinski definition) is 3. The van der Waals surface area contributed by atoms with E-state index in [4.69, 9.17) is 40.4 Å². The minimum absolute atomic E-state index is 0.151. The molecule has 1 saturated carbocycles. The fourth-order valence-electron chi connectivity index (χ4n) is 4.78. The van der Waals surface area contributed by atoms with Gasteiger partial charge in [0.05, 0.1) is 11.6 Å². The van der Waals surface area contributed by atoms with Crippen LogP contribution in [0.5, 0.6) is 0 Å². The van der Waals surface area contributed by atoms with Gasteiger partial charge in [0.1, 0.15) is 11.4 Å². The third-order valence-corrected chi connectivity index (χ3v) is 7.50. The first-order chi connectivity index (χ1) is 16.5. The standard InChI is InChI=1S/C27H29Cl2N3O2S/c1-26(2,3)22(12-10-17-9-11-19(28)16-21(17)29)30-24-27(13-4-5-14-27)32(25(35)31-24)20-8-6-7-18(15-20)23(33)34/h6-12,15-16,22H,4-5,13-14H2,1-3H3,(H,33,34)(H,30,31,35)/b12-10+. The Bertz CT molecular complexity index is 1210. The molecule has 2 aliphatic rings.